The molecule has 17 heavy (non-hydrogen) atoms. The first-order valence-corrected chi connectivity index (χ1v) is 6.37. The number of hydrogen-bond donors (Lipinski definition) is 0. The molecule has 2 aromatic rings. The van der Waals surface area contributed by atoms with Crippen molar-refractivity contribution in [3.8, 4) is 16.2 Å². The largest absolute Gasteiger partial charge is 0.496 e. The van der Waals surface area contributed by atoms with Crippen LogP contribution in [0.15, 0.2) is 30.3 Å². The van der Waals surface area contributed by atoms with Crippen LogP contribution in [-0.2, 0) is 0 Å². The molecule has 0 atom stereocenters. The van der Waals surface area contributed by atoms with Crippen LogP contribution in [0.1, 0.15) is 24.6 Å². The first kappa shape index (κ1) is 12.1. The van der Waals surface area contributed by atoms with Gasteiger partial charge in [0, 0.05) is 15.3 Å². The minimum atomic E-state index is -0.236. The number of rotatable bonds is 3. The van der Waals surface area contributed by atoms with E-state index in [1.807, 2.05) is 6.07 Å². The zero-order valence-electron chi connectivity index (χ0n) is 10.2. The highest BCUT2D eigenvalue weighted by molar-refractivity contribution is 7.15. The Bertz CT molecular complexity index is 517. The van der Waals surface area contributed by atoms with Crippen molar-refractivity contribution in [1.29, 1.82) is 0 Å². The summed E-state index contributed by atoms with van der Waals surface area (Å²) in [5, 5.41) is 0. The van der Waals surface area contributed by atoms with Crippen LogP contribution < -0.4 is 4.74 Å². The zero-order valence-corrected chi connectivity index (χ0v) is 11.0. The van der Waals surface area contributed by atoms with Crippen molar-refractivity contribution < 1.29 is 9.13 Å². The molecule has 0 saturated carbocycles. The number of methoxy groups -OCH3 is 1. The van der Waals surface area contributed by atoms with Gasteiger partial charge < -0.3 is 4.74 Å². The lowest BCUT2D eigenvalue weighted by molar-refractivity contribution is 0.415. The van der Waals surface area contributed by atoms with Crippen LogP contribution in [-0.4, -0.2) is 7.11 Å². The second kappa shape index (κ2) is 4.88. The fourth-order valence-corrected chi connectivity index (χ4v) is 2.71. The van der Waals surface area contributed by atoms with E-state index in [1.54, 1.807) is 24.5 Å². The van der Waals surface area contributed by atoms with Gasteiger partial charge in [0.1, 0.15) is 11.6 Å². The van der Waals surface area contributed by atoms with E-state index in [1.165, 1.54) is 17.0 Å². The van der Waals surface area contributed by atoms with Crippen molar-refractivity contribution in [2.24, 2.45) is 0 Å². The highest BCUT2D eigenvalue weighted by Crippen LogP contribution is 2.37. The molecule has 0 aliphatic rings. The van der Waals surface area contributed by atoms with Gasteiger partial charge in [0.15, 0.2) is 0 Å². The van der Waals surface area contributed by atoms with Crippen molar-refractivity contribution in [3.05, 3.63) is 41.0 Å². The van der Waals surface area contributed by atoms with Gasteiger partial charge in [-0.1, -0.05) is 13.8 Å². The monoisotopic (exact) mass is 250 g/mol. The molecule has 0 radical (unpaired) electrons. The van der Waals surface area contributed by atoms with Gasteiger partial charge in [-0.15, -0.1) is 11.3 Å². The van der Waals surface area contributed by atoms with Gasteiger partial charge in [0.25, 0.3) is 0 Å². The average molecular weight is 250 g/mol. The predicted octanol–water partition coefficient (Wildman–Crippen LogP) is 4.69. The molecule has 3 heteroatoms. The van der Waals surface area contributed by atoms with Gasteiger partial charge in [-0.25, -0.2) is 4.39 Å². The van der Waals surface area contributed by atoms with Crippen LogP contribution in [0.25, 0.3) is 10.4 Å². The molecular weight excluding hydrogens is 235 g/mol. The molecule has 0 amide bonds. The van der Waals surface area contributed by atoms with Crippen LogP contribution >= 0.6 is 11.3 Å². The lowest BCUT2D eigenvalue weighted by Gasteiger charge is -2.06. The minimum absolute atomic E-state index is 0.236. The molecule has 1 nitrogen and oxygen atoms in total. The van der Waals surface area contributed by atoms with Gasteiger partial charge in [-0.2, -0.15) is 0 Å². The lowest BCUT2D eigenvalue weighted by atomic mass is 10.1. The topological polar surface area (TPSA) is 9.23 Å². The van der Waals surface area contributed by atoms with Gasteiger partial charge >= 0.3 is 0 Å². The maximum atomic E-state index is 13.3. The summed E-state index contributed by atoms with van der Waals surface area (Å²) in [6.07, 6.45) is 0. The highest BCUT2D eigenvalue weighted by Gasteiger charge is 2.11. The number of ether oxygens (including phenoxy) is 1. The number of benzene rings is 1. The molecule has 0 N–H and O–H groups in total. The Morgan fingerprint density at radius 2 is 1.94 bits per heavy atom. The fourth-order valence-electron chi connectivity index (χ4n) is 1.68. The lowest BCUT2D eigenvalue weighted by Crippen LogP contribution is -1.87. The zero-order chi connectivity index (χ0) is 12.4. The molecule has 0 unspecified atom stereocenters. The summed E-state index contributed by atoms with van der Waals surface area (Å²) in [6.45, 7) is 4.30. The SMILES string of the molecule is COc1ccc(F)cc1-c1ccc(C(C)C)s1. The van der Waals surface area contributed by atoms with E-state index in [9.17, 15) is 4.39 Å². The molecule has 1 aromatic heterocycles. The van der Waals surface area contributed by atoms with E-state index in [2.05, 4.69) is 19.9 Å². The van der Waals surface area contributed by atoms with Gasteiger partial charge in [-0.3, -0.25) is 0 Å². The second-order valence-electron chi connectivity index (χ2n) is 4.20. The Morgan fingerprint density at radius 3 is 2.53 bits per heavy atom. The van der Waals surface area contributed by atoms with Crippen LogP contribution in [0.2, 0.25) is 0 Å². The number of thiophene rings is 1. The Balaban J connectivity index is 2.47. The molecule has 0 bridgehead atoms. The quantitative estimate of drug-likeness (QED) is 0.768. The maximum Gasteiger partial charge on any atom is 0.127 e. The van der Waals surface area contributed by atoms with Crippen molar-refractivity contribution in [1.82, 2.24) is 0 Å². The smallest absolute Gasteiger partial charge is 0.127 e. The van der Waals surface area contributed by atoms with Crippen LogP contribution in [0.4, 0.5) is 4.39 Å². The van der Waals surface area contributed by atoms with Gasteiger partial charge in [0.05, 0.1) is 7.11 Å². The first-order valence-electron chi connectivity index (χ1n) is 5.55. The maximum absolute atomic E-state index is 13.3. The predicted molar refractivity (Wildman–Crippen MR) is 70.4 cm³/mol. The summed E-state index contributed by atoms with van der Waals surface area (Å²) < 4.78 is 18.5. The minimum Gasteiger partial charge on any atom is -0.496 e. The standard InChI is InChI=1S/C14H15FOS/c1-9(2)13-6-7-14(17-13)11-8-10(15)4-5-12(11)16-3/h4-9H,1-3H3. The molecular formula is C14H15FOS. The fraction of sp³-hybridized carbons (Fsp3) is 0.286. The van der Waals surface area contributed by atoms with Crippen LogP contribution in [0.3, 0.4) is 0 Å². The molecule has 2 rings (SSSR count). The summed E-state index contributed by atoms with van der Waals surface area (Å²) in [7, 11) is 1.60. The molecule has 90 valence electrons. The molecule has 1 aromatic carbocycles. The summed E-state index contributed by atoms with van der Waals surface area (Å²) in [5.74, 6) is 0.970. The molecule has 0 fully saturated rings. The van der Waals surface area contributed by atoms with E-state index in [-0.39, 0.29) is 5.82 Å². The third-order valence-electron chi connectivity index (χ3n) is 2.62. The Labute approximate surface area is 105 Å². The second-order valence-corrected chi connectivity index (χ2v) is 5.32. The Hall–Kier alpha value is -1.35. The molecule has 0 spiro atoms. The molecule has 0 aliphatic heterocycles. The van der Waals surface area contributed by atoms with Crippen molar-refractivity contribution >= 4 is 11.3 Å². The van der Waals surface area contributed by atoms with E-state index in [4.69, 9.17) is 4.74 Å². The van der Waals surface area contributed by atoms with Crippen molar-refractivity contribution in [2.45, 2.75) is 19.8 Å². The van der Waals surface area contributed by atoms with E-state index >= 15 is 0 Å². The summed E-state index contributed by atoms with van der Waals surface area (Å²) in [4.78, 5) is 2.34. The normalized spacial score (nSPS) is 10.9. The molecule has 0 saturated heterocycles. The highest BCUT2D eigenvalue weighted by atomic mass is 32.1. The first-order chi connectivity index (χ1) is 8.11. The Morgan fingerprint density at radius 1 is 1.18 bits per heavy atom. The van der Waals surface area contributed by atoms with Crippen LogP contribution in [0.5, 0.6) is 5.75 Å². The summed E-state index contributed by atoms with van der Waals surface area (Å²) in [5.41, 5.74) is 0.824. The van der Waals surface area contributed by atoms with Gasteiger partial charge in [-0.05, 0) is 36.2 Å². The summed E-state index contributed by atoms with van der Waals surface area (Å²) >= 11 is 1.69. The number of hydrogen-bond acceptors (Lipinski definition) is 2. The Kier molecular flexibility index (Phi) is 3.48. The average Bonchev–Trinajstić information content (AvgIpc) is 2.78. The molecule has 0 aliphatic carbocycles. The van der Waals surface area contributed by atoms with Crippen molar-refractivity contribution in [2.75, 3.05) is 7.11 Å². The van der Waals surface area contributed by atoms with Crippen molar-refractivity contribution in [3.63, 3.8) is 0 Å². The van der Waals surface area contributed by atoms with E-state index in [0.717, 1.165) is 10.4 Å². The van der Waals surface area contributed by atoms with E-state index in [0.29, 0.717) is 11.7 Å². The van der Waals surface area contributed by atoms with E-state index < -0.39 is 0 Å². The van der Waals surface area contributed by atoms with Gasteiger partial charge in [0.2, 0.25) is 0 Å². The number of halogens is 1. The molecule has 1 heterocycles. The third kappa shape index (κ3) is 2.50. The summed E-state index contributed by atoms with van der Waals surface area (Å²) in [6, 6.07) is 8.72. The van der Waals surface area contributed by atoms with Crippen LogP contribution in [0, 0.1) is 5.82 Å². The third-order valence-corrected chi connectivity index (χ3v) is 4.04.